The van der Waals surface area contributed by atoms with E-state index >= 15 is 0 Å². The normalized spacial score (nSPS) is 11.1. The highest BCUT2D eigenvalue weighted by molar-refractivity contribution is 4.48. The van der Waals surface area contributed by atoms with Crippen LogP contribution in [-0.4, -0.2) is 0 Å². The van der Waals surface area contributed by atoms with Crippen molar-refractivity contribution in [1.82, 2.24) is 0 Å². The van der Waals surface area contributed by atoms with Crippen LogP contribution in [0.3, 0.4) is 0 Å². The van der Waals surface area contributed by atoms with Crippen molar-refractivity contribution in [2.45, 2.75) is 78.6 Å². The summed E-state index contributed by atoms with van der Waals surface area (Å²) in [7, 11) is 0. The summed E-state index contributed by atoms with van der Waals surface area (Å²) in [6.45, 7) is 6.92. The van der Waals surface area contributed by atoms with Gasteiger partial charge in [0.2, 0.25) is 0 Å². The Balaban J connectivity index is 2.84. The fraction of sp³-hybridized carbons (Fsp3) is 1.00. The summed E-state index contributed by atoms with van der Waals surface area (Å²) >= 11 is 0. The van der Waals surface area contributed by atoms with Gasteiger partial charge in [-0.1, -0.05) is 78.6 Å². The van der Waals surface area contributed by atoms with Crippen molar-refractivity contribution in [3.8, 4) is 0 Å². The van der Waals surface area contributed by atoms with E-state index in [1.54, 1.807) is 0 Å². The summed E-state index contributed by atoms with van der Waals surface area (Å²) < 4.78 is 0. The number of unbranched alkanes of at least 4 members (excludes halogenated alkanes) is 7. The second-order valence-electron chi connectivity index (χ2n) is 4.66. The molecule has 0 aliphatic carbocycles. The average molecular weight is 184 g/mol. The summed E-state index contributed by atoms with van der Waals surface area (Å²) in [5.41, 5.74) is 0. The van der Waals surface area contributed by atoms with Gasteiger partial charge in [0.15, 0.2) is 0 Å². The molecule has 13 heavy (non-hydrogen) atoms. The quantitative estimate of drug-likeness (QED) is 0.433. The second kappa shape index (κ2) is 10.1. The van der Waals surface area contributed by atoms with Gasteiger partial charge in [0.25, 0.3) is 0 Å². The van der Waals surface area contributed by atoms with Gasteiger partial charge in [0, 0.05) is 0 Å². The Hall–Kier alpha value is 0. The molecule has 0 saturated carbocycles. The topological polar surface area (TPSA) is 0 Å². The maximum absolute atomic E-state index is 2.32. The highest BCUT2D eigenvalue weighted by Gasteiger charge is 1.94. The molecule has 0 N–H and O–H groups in total. The van der Waals surface area contributed by atoms with Crippen LogP contribution in [-0.2, 0) is 0 Å². The van der Waals surface area contributed by atoms with Crippen molar-refractivity contribution < 1.29 is 0 Å². The Morgan fingerprint density at radius 1 is 0.692 bits per heavy atom. The Labute approximate surface area is 85.1 Å². The van der Waals surface area contributed by atoms with Crippen molar-refractivity contribution in [3.63, 3.8) is 0 Å². The molecule has 0 amide bonds. The molecule has 0 atom stereocenters. The maximum atomic E-state index is 2.32. The van der Waals surface area contributed by atoms with Crippen LogP contribution in [0.1, 0.15) is 78.6 Å². The van der Waals surface area contributed by atoms with Crippen LogP contribution < -0.4 is 0 Å². The van der Waals surface area contributed by atoms with Gasteiger partial charge < -0.3 is 0 Å². The molecule has 0 aromatic heterocycles. The Morgan fingerprint density at radius 3 is 1.62 bits per heavy atom. The molecule has 0 aromatic rings. The monoisotopic (exact) mass is 184 g/mol. The minimum absolute atomic E-state index is 0.903. The van der Waals surface area contributed by atoms with E-state index in [0.29, 0.717) is 0 Å². The zero-order chi connectivity index (χ0) is 9.94. The van der Waals surface area contributed by atoms with Gasteiger partial charge in [-0.15, -0.1) is 0 Å². The van der Waals surface area contributed by atoms with E-state index in [2.05, 4.69) is 20.8 Å². The first-order valence-corrected chi connectivity index (χ1v) is 6.27. The first-order chi connectivity index (χ1) is 6.27. The van der Waals surface area contributed by atoms with Crippen molar-refractivity contribution >= 4 is 0 Å². The Kier molecular flexibility index (Phi) is 10.1. The number of hydrogen-bond donors (Lipinski definition) is 0. The lowest BCUT2D eigenvalue weighted by Gasteiger charge is -2.03. The molecular formula is C13H28. The molecule has 0 saturated heterocycles. The third-order valence-corrected chi connectivity index (χ3v) is 2.64. The molecule has 0 rings (SSSR count). The lowest BCUT2D eigenvalue weighted by Crippen LogP contribution is -1.87. The third kappa shape index (κ3) is 12.0. The van der Waals surface area contributed by atoms with Gasteiger partial charge in [-0.05, 0) is 5.92 Å². The first-order valence-electron chi connectivity index (χ1n) is 6.27. The summed E-state index contributed by atoms with van der Waals surface area (Å²) in [6.07, 6.45) is 13.0. The lowest BCUT2D eigenvalue weighted by molar-refractivity contribution is 0.508. The summed E-state index contributed by atoms with van der Waals surface area (Å²) in [6, 6.07) is 0. The Bertz CT molecular complexity index is 84.0. The molecular weight excluding hydrogens is 156 g/mol. The fourth-order valence-electron chi connectivity index (χ4n) is 1.69. The average Bonchev–Trinajstić information content (AvgIpc) is 2.09. The smallest absolute Gasteiger partial charge is 0.0471 e. The number of rotatable bonds is 9. The van der Waals surface area contributed by atoms with Crippen molar-refractivity contribution in [3.05, 3.63) is 0 Å². The Morgan fingerprint density at radius 2 is 1.15 bits per heavy atom. The van der Waals surface area contributed by atoms with Crippen LogP contribution in [0, 0.1) is 5.92 Å². The lowest BCUT2D eigenvalue weighted by atomic mass is 10.0. The molecule has 0 bridgehead atoms. The first kappa shape index (κ1) is 13.0. The molecule has 0 radical (unpaired) electrons. The second-order valence-corrected chi connectivity index (χ2v) is 4.66. The fourth-order valence-corrected chi connectivity index (χ4v) is 1.69. The zero-order valence-corrected chi connectivity index (χ0v) is 9.94. The maximum Gasteiger partial charge on any atom is -0.0471 e. The SMILES string of the molecule is CCCCCCCCCCC(C)C. The van der Waals surface area contributed by atoms with Crippen molar-refractivity contribution in [1.29, 1.82) is 0 Å². The molecule has 0 spiro atoms. The summed E-state index contributed by atoms with van der Waals surface area (Å²) in [4.78, 5) is 0. The predicted molar refractivity (Wildman–Crippen MR) is 62.1 cm³/mol. The largest absolute Gasteiger partial charge is 0.0654 e. The van der Waals surface area contributed by atoms with Crippen LogP contribution in [0.2, 0.25) is 0 Å². The number of hydrogen-bond acceptors (Lipinski definition) is 0. The van der Waals surface area contributed by atoms with E-state index in [4.69, 9.17) is 0 Å². The van der Waals surface area contributed by atoms with Crippen molar-refractivity contribution in [2.75, 3.05) is 0 Å². The van der Waals surface area contributed by atoms with Gasteiger partial charge >= 0.3 is 0 Å². The van der Waals surface area contributed by atoms with Crippen LogP contribution >= 0.6 is 0 Å². The molecule has 0 aliphatic rings. The van der Waals surface area contributed by atoms with Crippen LogP contribution in [0.5, 0.6) is 0 Å². The zero-order valence-electron chi connectivity index (χ0n) is 9.94. The predicted octanol–water partition coefficient (Wildman–Crippen LogP) is 5.17. The molecule has 0 fully saturated rings. The van der Waals surface area contributed by atoms with E-state index in [-0.39, 0.29) is 0 Å². The van der Waals surface area contributed by atoms with Crippen molar-refractivity contribution in [2.24, 2.45) is 5.92 Å². The van der Waals surface area contributed by atoms with E-state index in [9.17, 15) is 0 Å². The van der Waals surface area contributed by atoms with Gasteiger partial charge in [0.1, 0.15) is 0 Å². The molecule has 0 heterocycles. The minimum Gasteiger partial charge on any atom is -0.0654 e. The summed E-state index contributed by atoms with van der Waals surface area (Å²) in [5.74, 6) is 0.903. The van der Waals surface area contributed by atoms with Gasteiger partial charge in [-0.2, -0.15) is 0 Å². The summed E-state index contributed by atoms with van der Waals surface area (Å²) in [5, 5.41) is 0. The van der Waals surface area contributed by atoms with E-state index in [0.717, 1.165) is 5.92 Å². The van der Waals surface area contributed by atoms with Gasteiger partial charge in [-0.25, -0.2) is 0 Å². The van der Waals surface area contributed by atoms with Crippen LogP contribution in [0.4, 0.5) is 0 Å². The molecule has 0 aliphatic heterocycles. The third-order valence-electron chi connectivity index (χ3n) is 2.64. The molecule has 0 heteroatoms. The minimum atomic E-state index is 0.903. The molecule has 0 aromatic carbocycles. The van der Waals surface area contributed by atoms with Gasteiger partial charge in [0.05, 0.1) is 0 Å². The van der Waals surface area contributed by atoms with E-state index in [1.165, 1.54) is 57.8 Å². The standard InChI is InChI=1S/C13H28/c1-4-5-6-7-8-9-10-11-12-13(2)3/h13H,4-12H2,1-3H3. The van der Waals surface area contributed by atoms with E-state index in [1.807, 2.05) is 0 Å². The van der Waals surface area contributed by atoms with Crippen LogP contribution in [0.15, 0.2) is 0 Å². The highest BCUT2D eigenvalue weighted by Crippen LogP contribution is 2.12. The molecule has 80 valence electrons. The highest BCUT2D eigenvalue weighted by atomic mass is 14.0. The van der Waals surface area contributed by atoms with Gasteiger partial charge in [-0.3, -0.25) is 0 Å². The van der Waals surface area contributed by atoms with Crippen LogP contribution in [0.25, 0.3) is 0 Å². The molecule has 0 unspecified atom stereocenters. The molecule has 0 nitrogen and oxygen atoms in total. The van der Waals surface area contributed by atoms with E-state index < -0.39 is 0 Å².